The number of hydrogen-bond acceptors (Lipinski definition) is 5. The first kappa shape index (κ1) is 20.3. The topological polar surface area (TPSA) is 94.5 Å². The Labute approximate surface area is 183 Å². The van der Waals surface area contributed by atoms with Gasteiger partial charge in [0.1, 0.15) is 11.6 Å². The van der Waals surface area contributed by atoms with Crippen LogP contribution in [0.3, 0.4) is 0 Å². The standard InChI is InChI=1S/C24H30N4O3/c25-14-20-7-4-8-28(20)21(29)15-26-23-10-17-9-18(11-23)13-24(12-17,16-23)31-22(30)27-19-5-2-1-3-6-19/h1-3,5-6,17-18,20,26H,4,7-13,15-16H2,(H,27,30)/t17?,18?,20-,23?,24?/m0/s1. The van der Waals surface area contributed by atoms with Crippen molar-refractivity contribution < 1.29 is 14.3 Å². The maximum absolute atomic E-state index is 12.8. The van der Waals surface area contributed by atoms with Gasteiger partial charge in [-0.15, -0.1) is 0 Å². The van der Waals surface area contributed by atoms with Crippen LogP contribution < -0.4 is 10.6 Å². The van der Waals surface area contributed by atoms with Crippen molar-refractivity contribution in [3.8, 4) is 6.07 Å². The van der Waals surface area contributed by atoms with E-state index in [2.05, 4.69) is 16.7 Å². The molecule has 3 atom stereocenters. The number of carbonyl (C=O) groups excluding carboxylic acids is 2. The monoisotopic (exact) mass is 422 g/mol. The molecule has 0 radical (unpaired) electrons. The van der Waals surface area contributed by atoms with E-state index in [1.165, 1.54) is 6.42 Å². The van der Waals surface area contributed by atoms with Crippen LogP contribution in [0.2, 0.25) is 0 Å². The zero-order valence-electron chi connectivity index (χ0n) is 17.8. The van der Waals surface area contributed by atoms with Crippen LogP contribution in [0.5, 0.6) is 0 Å². The number of para-hydroxylation sites is 1. The van der Waals surface area contributed by atoms with E-state index in [-0.39, 0.29) is 24.0 Å². The van der Waals surface area contributed by atoms with E-state index in [9.17, 15) is 14.9 Å². The summed E-state index contributed by atoms with van der Waals surface area (Å²) in [5, 5.41) is 15.7. The third-order valence-corrected chi connectivity index (χ3v) is 7.67. The maximum Gasteiger partial charge on any atom is 0.412 e. The minimum absolute atomic E-state index is 0.0107. The van der Waals surface area contributed by atoms with Gasteiger partial charge in [0.2, 0.25) is 5.91 Å². The Morgan fingerprint density at radius 3 is 2.61 bits per heavy atom. The Morgan fingerprint density at radius 2 is 1.90 bits per heavy atom. The molecule has 7 heteroatoms. The van der Waals surface area contributed by atoms with Crippen LogP contribution in [0.15, 0.2) is 30.3 Å². The molecule has 1 aromatic rings. The molecular formula is C24H30N4O3. The highest BCUT2D eigenvalue weighted by Crippen LogP contribution is 2.59. The summed E-state index contributed by atoms with van der Waals surface area (Å²) in [6.45, 7) is 0.924. The maximum atomic E-state index is 12.8. The van der Waals surface area contributed by atoms with Crippen molar-refractivity contribution in [1.29, 1.82) is 5.26 Å². The molecule has 6 rings (SSSR count). The summed E-state index contributed by atoms with van der Waals surface area (Å²) in [5.74, 6) is 1.05. The molecule has 1 heterocycles. The molecule has 31 heavy (non-hydrogen) atoms. The third-order valence-electron chi connectivity index (χ3n) is 7.67. The van der Waals surface area contributed by atoms with Gasteiger partial charge in [-0.2, -0.15) is 5.26 Å². The Balaban J connectivity index is 1.25. The van der Waals surface area contributed by atoms with Gasteiger partial charge in [0.15, 0.2) is 0 Å². The Bertz CT molecular complexity index is 882. The quantitative estimate of drug-likeness (QED) is 0.758. The number of likely N-dealkylation sites (tertiary alicyclic amines) is 1. The molecule has 164 valence electrons. The first-order valence-corrected chi connectivity index (χ1v) is 11.5. The van der Waals surface area contributed by atoms with Gasteiger partial charge in [-0.05, 0) is 68.9 Å². The highest BCUT2D eigenvalue weighted by Gasteiger charge is 2.59. The molecule has 2 unspecified atom stereocenters. The number of nitrogens with one attached hydrogen (secondary N) is 2. The van der Waals surface area contributed by atoms with Crippen molar-refractivity contribution >= 4 is 17.7 Å². The molecule has 4 aliphatic carbocycles. The van der Waals surface area contributed by atoms with E-state index in [0.29, 0.717) is 18.4 Å². The first-order valence-electron chi connectivity index (χ1n) is 11.5. The van der Waals surface area contributed by atoms with E-state index in [1.54, 1.807) is 4.90 Å². The van der Waals surface area contributed by atoms with E-state index in [4.69, 9.17) is 4.74 Å². The first-order chi connectivity index (χ1) is 15.0. The van der Waals surface area contributed by atoms with Crippen molar-refractivity contribution in [3.05, 3.63) is 30.3 Å². The van der Waals surface area contributed by atoms with Crippen LogP contribution in [0.1, 0.15) is 51.4 Å². The minimum atomic E-state index is -0.457. The van der Waals surface area contributed by atoms with Crippen molar-refractivity contribution in [3.63, 3.8) is 0 Å². The van der Waals surface area contributed by atoms with Gasteiger partial charge in [-0.25, -0.2) is 4.79 Å². The van der Waals surface area contributed by atoms with Crippen LogP contribution in [0.4, 0.5) is 10.5 Å². The average Bonchev–Trinajstić information content (AvgIpc) is 3.20. The number of nitrogens with zero attached hydrogens (tertiary/aromatic N) is 2. The number of amides is 2. The molecule has 5 aliphatic rings. The molecular weight excluding hydrogens is 392 g/mol. The smallest absolute Gasteiger partial charge is 0.412 e. The molecule has 5 fully saturated rings. The van der Waals surface area contributed by atoms with Crippen molar-refractivity contribution in [2.24, 2.45) is 11.8 Å². The second kappa shape index (κ2) is 7.83. The van der Waals surface area contributed by atoms with Crippen molar-refractivity contribution in [2.75, 3.05) is 18.4 Å². The van der Waals surface area contributed by atoms with Gasteiger partial charge >= 0.3 is 6.09 Å². The molecule has 7 nitrogen and oxygen atoms in total. The lowest BCUT2D eigenvalue weighted by Gasteiger charge is -2.61. The van der Waals surface area contributed by atoms with Gasteiger partial charge in [-0.1, -0.05) is 18.2 Å². The number of ether oxygens (including phenoxy) is 1. The summed E-state index contributed by atoms with van der Waals surface area (Å²) in [6.07, 6.45) is 7.09. The highest BCUT2D eigenvalue weighted by atomic mass is 16.6. The third kappa shape index (κ3) is 4.01. The van der Waals surface area contributed by atoms with E-state index < -0.39 is 11.7 Å². The van der Waals surface area contributed by atoms with Crippen molar-refractivity contribution in [1.82, 2.24) is 10.2 Å². The normalized spacial score (nSPS) is 35.6. The fourth-order valence-corrected chi connectivity index (χ4v) is 6.93. The predicted octanol–water partition coefficient (Wildman–Crippen LogP) is 3.43. The predicted molar refractivity (Wildman–Crippen MR) is 115 cm³/mol. The summed E-state index contributed by atoms with van der Waals surface area (Å²) in [7, 11) is 0. The highest BCUT2D eigenvalue weighted by molar-refractivity contribution is 5.84. The Morgan fingerprint density at radius 1 is 1.16 bits per heavy atom. The number of benzene rings is 1. The Hall–Kier alpha value is -2.59. The number of nitriles is 1. The van der Waals surface area contributed by atoms with Gasteiger partial charge < -0.3 is 15.0 Å². The lowest BCUT2D eigenvalue weighted by atomic mass is 9.51. The van der Waals surface area contributed by atoms with Gasteiger partial charge in [0, 0.05) is 24.2 Å². The van der Waals surface area contributed by atoms with Crippen LogP contribution in [-0.2, 0) is 9.53 Å². The summed E-state index contributed by atoms with van der Waals surface area (Å²) >= 11 is 0. The molecule has 1 aliphatic heterocycles. The van der Waals surface area contributed by atoms with Crippen LogP contribution in [-0.4, -0.2) is 47.2 Å². The molecule has 4 saturated carbocycles. The number of carbonyl (C=O) groups is 2. The molecule has 0 spiro atoms. The SMILES string of the molecule is N#C[C@@H]1CCCN1C(=O)CNC12CC3CC(C1)CC(OC(=O)Nc1ccccc1)(C3)C2. The van der Waals surface area contributed by atoms with Gasteiger partial charge in [-0.3, -0.25) is 10.1 Å². The molecule has 4 bridgehead atoms. The second-order valence-electron chi connectivity index (χ2n) is 10.0. The molecule has 0 aromatic heterocycles. The summed E-state index contributed by atoms with van der Waals surface area (Å²) in [4.78, 5) is 27.2. The van der Waals surface area contributed by atoms with Crippen LogP contribution >= 0.6 is 0 Å². The minimum Gasteiger partial charge on any atom is -0.443 e. The van der Waals surface area contributed by atoms with E-state index >= 15 is 0 Å². The Kier molecular flexibility index (Phi) is 5.13. The zero-order chi connectivity index (χ0) is 21.5. The fraction of sp³-hybridized carbons (Fsp3) is 0.625. The summed E-state index contributed by atoms with van der Waals surface area (Å²) in [5.41, 5.74) is 0.115. The van der Waals surface area contributed by atoms with E-state index in [0.717, 1.165) is 50.6 Å². The second-order valence-corrected chi connectivity index (χ2v) is 10.0. The van der Waals surface area contributed by atoms with Crippen molar-refractivity contribution in [2.45, 2.75) is 68.5 Å². The summed E-state index contributed by atoms with van der Waals surface area (Å²) in [6, 6.07) is 11.3. The van der Waals surface area contributed by atoms with E-state index in [1.807, 2.05) is 30.3 Å². The lowest BCUT2D eigenvalue weighted by Crippen LogP contribution is -2.66. The van der Waals surface area contributed by atoms with Crippen LogP contribution in [0, 0.1) is 23.2 Å². The average molecular weight is 423 g/mol. The largest absolute Gasteiger partial charge is 0.443 e. The number of hydrogen-bond donors (Lipinski definition) is 2. The number of rotatable bonds is 5. The van der Waals surface area contributed by atoms with Gasteiger partial charge in [0.25, 0.3) is 0 Å². The van der Waals surface area contributed by atoms with Crippen LogP contribution in [0.25, 0.3) is 0 Å². The zero-order valence-corrected chi connectivity index (χ0v) is 17.8. The molecule has 1 aromatic carbocycles. The fourth-order valence-electron chi connectivity index (χ4n) is 6.93. The lowest BCUT2D eigenvalue weighted by molar-refractivity contribution is -0.146. The molecule has 1 saturated heterocycles. The number of anilines is 1. The molecule has 2 N–H and O–H groups in total. The van der Waals surface area contributed by atoms with Gasteiger partial charge in [0.05, 0.1) is 12.6 Å². The molecule has 2 amide bonds. The summed E-state index contributed by atoms with van der Waals surface area (Å²) < 4.78 is 6.09.